The van der Waals surface area contributed by atoms with Gasteiger partial charge in [-0.25, -0.2) is 15.0 Å². The maximum Gasteiger partial charge on any atom is 0.170 e. The number of nitrogens with zero attached hydrogens (tertiary/aromatic N) is 5. The molecular weight excluding hydrogens is 354 g/mol. The van der Waals surface area contributed by atoms with Gasteiger partial charge in [-0.1, -0.05) is 17.7 Å². The number of benzene rings is 1. The summed E-state index contributed by atoms with van der Waals surface area (Å²) >= 11 is 0. The summed E-state index contributed by atoms with van der Waals surface area (Å²) in [6.07, 6.45) is 1.85. The summed E-state index contributed by atoms with van der Waals surface area (Å²) in [5, 5.41) is 0. The number of aromatic nitrogens is 4. The third-order valence-corrected chi connectivity index (χ3v) is 4.80. The SMILES string of the molecule is COCCN(CCOC)c1nc(C)nc2c1ncn2-c1c(C)cc(C)cc1C. The van der Waals surface area contributed by atoms with Crippen LogP contribution in [0.1, 0.15) is 22.5 Å². The zero-order chi connectivity index (χ0) is 20.3. The first kappa shape index (κ1) is 20.2. The number of hydrogen-bond acceptors (Lipinski definition) is 6. The Kier molecular flexibility index (Phi) is 6.26. The van der Waals surface area contributed by atoms with Gasteiger partial charge >= 0.3 is 0 Å². The van der Waals surface area contributed by atoms with Crippen molar-refractivity contribution in [3.63, 3.8) is 0 Å². The molecule has 0 fully saturated rings. The lowest BCUT2D eigenvalue weighted by molar-refractivity contribution is 0.190. The summed E-state index contributed by atoms with van der Waals surface area (Å²) in [6, 6.07) is 4.37. The fourth-order valence-electron chi connectivity index (χ4n) is 3.65. The molecular formula is C21H29N5O2. The second kappa shape index (κ2) is 8.67. The molecule has 3 rings (SSSR count). The largest absolute Gasteiger partial charge is 0.383 e. The highest BCUT2D eigenvalue weighted by atomic mass is 16.5. The fraction of sp³-hybridized carbons (Fsp3) is 0.476. The van der Waals surface area contributed by atoms with Crippen LogP contribution in [0.15, 0.2) is 18.5 Å². The van der Waals surface area contributed by atoms with Crippen molar-refractivity contribution >= 4 is 17.0 Å². The van der Waals surface area contributed by atoms with E-state index in [1.165, 1.54) is 16.7 Å². The molecule has 0 aliphatic carbocycles. The summed E-state index contributed by atoms with van der Waals surface area (Å²) in [5.41, 5.74) is 6.38. The number of rotatable bonds is 8. The van der Waals surface area contributed by atoms with E-state index in [0.29, 0.717) is 32.1 Å². The average Bonchev–Trinajstić information content (AvgIpc) is 3.04. The van der Waals surface area contributed by atoms with Gasteiger partial charge in [-0.15, -0.1) is 0 Å². The van der Waals surface area contributed by atoms with Crippen LogP contribution in [0.4, 0.5) is 5.82 Å². The Balaban J connectivity index is 2.15. The van der Waals surface area contributed by atoms with Crippen molar-refractivity contribution in [2.75, 3.05) is 45.4 Å². The molecule has 0 radical (unpaired) electrons. The molecule has 0 N–H and O–H groups in total. The molecule has 7 nitrogen and oxygen atoms in total. The van der Waals surface area contributed by atoms with Gasteiger partial charge < -0.3 is 14.4 Å². The second-order valence-electron chi connectivity index (χ2n) is 7.10. The zero-order valence-corrected chi connectivity index (χ0v) is 17.6. The minimum absolute atomic E-state index is 0.602. The van der Waals surface area contributed by atoms with Crippen LogP contribution in [0.2, 0.25) is 0 Å². The van der Waals surface area contributed by atoms with Crippen molar-refractivity contribution in [2.24, 2.45) is 0 Å². The third-order valence-electron chi connectivity index (χ3n) is 4.80. The maximum absolute atomic E-state index is 5.28. The first-order valence-corrected chi connectivity index (χ1v) is 9.49. The predicted octanol–water partition coefficient (Wildman–Crippen LogP) is 3.15. The molecule has 0 saturated heterocycles. The molecule has 0 bridgehead atoms. The minimum Gasteiger partial charge on any atom is -0.383 e. The van der Waals surface area contributed by atoms with E-state index in [2.05, 4.69) is 42.4 Å². The maximum atomic E-state index is 5.28. The molecule has 150 valence electrons. The van der Waals surface area contributed by atoms with Crippen LogP contribution in [0.25, 0.3) is 16.9 Å². The van der Waals surface area contributed by atoms with Crippen molar-refractivity contribution < 1.29 is 9.47 Å². The summed E-state index contributed by atoms with van der Waals surface area (Å²) in [6.45, 7) is 10.9. The molecule has 7 heteroatoms. The topological polar surface area (TPSA) is 65.3 Å². The van der Waals surface area contributed by atoms with E-state index in [-0.39, 0.29) is 0 Å². The lowest BCUT2D eigenvalue weighted by atomic mass is 10.1. The summed E-state index contributed by atoms with van der Waals surface area (Å²) in [4.78, 5) is 16.3. The van der Waals surface area contributed by atoms with E-state index in [4.69, 9.17) is 24.4 Å². The van der Waals surface area contributed by atoms with Gasteiger partial charge in [0, 0.05) is 27.3 Å². The molecule has 2 heterocycles. The molecule has 28 heavy (non-hydrogen) atoms. The van der Waals surface area contributed by atoms with E-state index in [0.717, 1.165) is 22.7 Å². The number of ether oxygens (including phenoxy) is 2. The van der Waals surface area contributed by atoms with Crippen LogP contribution in [0, 0.1) is 27.7 Å². The Morgan fingerprint density at radius 2 is 1.54 bits per heavy atom. The number of fused-ring (bicyclic) bond motifs is 1. The van der Waals surface area contributed by atoms with Gasteiger partial charge in [0.25, 0.3) is 0 Å². The molecule has 0 unspecified atom stereocenters. The van der Waals surface area contributed by atoms with E-state index in [1.54, 1.807) is 14.2 Å². The predicted molar refractivity (Wildman–Crippen MR) is 112 cm³/mol. The molecule has 0 aliphatic heterocycles. The van der Waals surface area contributed by atoms with Gasteiger partial charge in [-0.3, -0.25) is 4.57 Å². The standard InChI is InChI=1S/C21H29N5O2/c1-14-11-15(2)19(16(3)12-14)26-13-22-18-20(23-17(4)24-21(18)26)25(7-9-27-5)8-10-28-6/h11-13H,7-10H2,1-6H3. The number of anilines is 1. The number of methoxy groups -OCH3 is 2. The first-order chi connectivity index (χ1) is 13.5. The Hall–Kier alpha value is -2.51. The van der Waals surface area contributed by atoms with Gasteiger partial charge in [-0.05, 0) is 38.8 Å². The van der Waals surface area contributed by atoms with E-state index in [9.17, 15) is 0 Å². The summed E-state index contributed by atoms with van der Waals surface area (Å²) < 4.78 is 12.6. The highest BCUT2D eigenvalue weighted by Gasteiger charge is 2.19. The lowest BCUT2D eigenvalue weighted by Crippen LogP contribution is -2.32. The number of imidazole rings is 1. The Morgan fingerprint density at radius 3 is 2.11 bits per heavy atom. The molecule has 0 amide bonds. The molecule has 0 atom stereocenters. The van der Waals surface area contributed by atoms with Crippen LogP contribution >= 0.6 is 0 Å². The fourth-order valence-corrected chi connectivity index (χ4v) is 3.65. The summed E-state index contributed by atoms with van der Waals surface area (Å²) in [7, 11) is 3.40. The van der Waals surface area contributed by atoms with Crippen molar-refractivity contribution in [2.45, 2.75) is 27.7 Å². The van der Waals surface area contributed by atoms with E-state index < -0.39 is 0 Å². The smallest absolute Gasteiger partial charge is 0.170 e. The average molecular weight is 383 g/mol. The Bertz CT molecular complexity index is 936. The van der Waals surface area contributed by atoms with Gasteiger partial charge in [-0.2, -0.15) is 0 Å². The van der Waals surface area contributed by atoms with Crippen molar-refractivity contribution in [3.8, 4) is 5.69 Å². The van der Waals surface area contributed by atoms with Crippen LogP contribution in [-0.2, 0) is 9.47 Å². The quantitative estimate of drug-likeness (QED) is 0.595. The van der Waals surface area contributed by atoms with E-state index >= 15 is 0 Å². The first-order valence-electron chi connectivity index (χ1n) is 9.49. The normalized spacial score (nSPS) is 11.4. The van der Waals surface area contributed by atoms with Gasteiger partial charge in [0.15, 0.2) is 17.0 Å². The summed E-state index contributed by atoms with van der Waals surface area (Å²) in [5.74, 6) is 1.53. The Morgan fingerprint density at radius 1 is 0.929 bits per heavy atom. The van der Waals surface area contributed by atoms with Gasteiger partial charge in [0.2, 0.25) is 0 Å². The minimum atomic E-state index is 0.602. The van der Waals surface area contributed by atoms with Crippen molar-refractivity contribution in [3.05, 3.63) is 41.0 Å². The molecule has 0 saturated carbocycles. The zero-order valence-electron chi connectivity index (χ0n) is 17.6. The monoisotopic (exact) mass is 383 g/mol. The van der Waals surface area contributed by atoms with Crippen LogP contribution in [0.5, 0.6) is 0 Å². The van der Waals surface area contributed by atoms with Gasteiger partial charge in [0.1, 0.15) is 12.2 Å². The molecule has 0 aliphatic rings. The van der Waals surface area contributed by atoms with Crippen LogP contribution in [0.3, 0.4) is 0 Å². The molecule has 3 aromatic rings. The molecule has 0 spiro atoms. The molecule has 2 aromatic heterocycles. The van der Waals surface area contributed by atoms with E-state index in [1.807, 2.05) is 13.3 Å². The van der Waals surface area contributed by atoms with Crippen LogP contribution < -0.4 is 4.90 Å². The Labute approximate surface area is 166 Å². The van der Waals surface area contributed by atoms with Crippen molar-refractivity contribution in [1.82, 2.24) is 19.5 Å². The number of aryl methyl sites for hydroxylation is 4. The highest BCUT2D eigenvalue weighted by molar-refractivity contribution is 5.85. The van der Waals surface area contributed by atoms with Crippen LogP contribution in [-0.4, -0.2) is 60.0 Å². The lowest BCUT2D eigenvalue weighted by Gasteiger charge is -2.23. The second-order valence-corrected chi connectivity index (χ2v) is 7.10. The van der Waals surface area contributed by atoms with Crippen molar-refractivity contribution in [1.29, 1.82) is 0 Å². The van der Waals surface area contributed by atoms with Gasteiger partial charge in [0.05, 0.1) is 18.9 Å². The molecule has 1 aromatic carbocycles. The highest BCUT2D eigenvalue weighted by Crippen LogP contribution is 2.28. The third kappa shape index (κ3) is 4.00. The number of hydrogen-bond donors (Lipinski definition) is 0.